The smallest absolute Gasteiger partial charge is 0.266 e. The van der Waals surface area contributed by atoms with Gasteiger partial charge < -0.3 is 4.42 Å². The minimum Gasteiger partial charge on any atom is -0.424 e. The molecule has 0 aliphatic heterocycles. The molecule has 0 radical (unpaired) electrons. The van der Waals surface area contributed by atoms with Crippen LogP contribution in [0.1, 0.15) is 24.0 Å². The van der Waals surface area contributed by atoms with Gasteiger partial charge >= 0.3 is 0 Å². The van der Waals surface area contributed by atoms with Crippen LogP contribution in [0.2, 0.25) is 5.02 Å². The molecule has 148 valence electrons. The van der Waals surface area contributed by atoms with Gasteiger partial charge in [-0.15, -0.1) is 10.2 Å². The van der Waals surface area contributed by atoms with Gasteiger partial charge in [-0.05, 0) is 37.3 Å². The number of hydrogen-bond donors (Lipinski definition) is 0. The highest BCUT2D eigenvalue weighted by molar-refractivity contribution is 7.99. The van der Waals surface area contributed by atoms with Gasteiger partial charge in [-0.1, -0.05) is 23.4 Å². The molecule has 2 aromatic carbocycles. The van der Waals surface area contributed by atoms with Crippen LogP contribution in [-0.2, 0) is 0 Å². The van der Waals surface area contributed by atoms with Gasteiger partial charge in [0, 0.05) is 18.0 Å². The van der Waals surface area contributed by atoms with Crippen molar-refractivity contribution in [2.75, 3.05) is 0 Å². The van der Waals surface area contributed by atoms with E-state index in [0.29, 0.717) is 28.4 Å². The topological polar surface area (TPSA) is 73.8 Å². The van der Waals surface area contributed by atoms with Gasteiger partial charge in [0.25, 0.3) is 5.56 Å². The van der Waals surface area contributed by atoms with Crippen molar-refractivity contribution < 1.29 is 13.2 Å². The second-order valence-electron chi connectivity index (χ2n) is 6.21. The fraction of sp³-hybridized carbons (Fsp3) is 0.158. The maximum Gasteiger partial charge on any atom is 0.266 e. The predicted octanol–water partition coefficient (Wildman–Crippen LogP) is 4.86. The Morgan fingerprint density at radius 1 is 1.17 bits per heavy atom. The zero-order valence-corrected chi connectivity index (χ0v) is 16.8. The normalized spacial score (nSPS) is 12.4. The Kier molecular flexibility index (Phi) is 5.10. The molecule has 0 spiro atoms. The second-order valence-corrected chi connectivity index (χ2v) is 7.96. The molecule has 0 saturated carbocycles. The number of fused-ring (bicyclic) bond motifs is 1. The lowest BCUT2D eigenvalue weighted by Crippen LogP contribution is -2.23. The largest absolute Gasteiger partial charge is 0.424 e. The van der Waals surface area contributed by atoms with Crippen molar-refractivity contribution in [1.29, 1.82) is 0 Å². The number of halogens is 3. The molecule has 0 bridgehead atoms. The quantitative estimate of drug-likeness (QED) is 0.337. The van der Waals surface area contributed by atoms with E-state index in [1.54, 1.807) is 26.0 Å². The third-order valence-electron chi connectivity index (χ3n) is 4.12. The van der Waals surface area contributed by atoms with E-state index >= 15 is 0 Å². The average Bonchev–Trinajstić information content (AvgIpc) is 3.10. The van der Waals surface area contributed by atoms with Crippen molar-refractivity contribution in [3.05, 3.63) is 75.2 Å². The highest BCUT2D eigenvalue weighted by Gasteiger charge is 2.22. The lowest BCUT2D eigenvalue weighted by molar-refractivity contribution is 0.470. The van der Waals surface area contributed by atoms with E-state index in [4.69, 9.17) is 16.0 Å². The number of aromatic nitrogens is 4. The number of benzene rings is 2. The van der Waals surface area contributed by atoms with Crippen LogP contribution in [0.25, 0.3) is 16.6 Å². The molecular weight excluding hydrogens is 422 g/mol. The molecule has 29 heavy (non-hydrogen) atoms. The SMILES string of the molecule is Cc1nnc(C(C)Sc2nc3ccc(Cl)cc3c(=O)n2-c2ccc(F)cc2F)o1. The zero-order valence-electron chi connectivity index (χ0n) is 15.2. The van der Waals surface area contributed by atoms with Crippen LogP contribution in [0, 0.1) is 18.6 Å². The molecule has 6 nitrogen and oxygen atoms in total. The second kappa shape index (κ2) is 7.57. The summed E-state index contributed by atoms with van der Waals surface area (Å²) in [5.41, 5.74) is -0.254. The summed E-state index contributed by atoms with van der Waals surface area (Å²) >= 11 is 7.15. The Bertz CT molecular complexity index is 1290. The van der Waals surface area contributed by atoms with E-state index in [1.807, 2.05) is 0 Å². The molecule has 10 heteroatoms. The third kappa shape index (κ3) is 3.75. The van der Waals surface area contributed by atoms with Gasteiger partial charge in [0.05, 0.1) is 21.8 Å². The first-order chi connectivity index (χ1) is 13.8. The maximum absolute atomic E-state index is 14.5. The Morgan fingerprint density at radius 2 is 1.97 bits per heavy atom. The van der Waals surface area contributed by atoms with E-state index in [1.165, 1.54) is 12.1 Å². The molecule has 0 amide bonds. The lowest BCUT2D eigenvalue weighted by Gasteiger charge is -2.15. The molecule has 0 aliphatic carbocycles. The van der Waals surface area contributed by atoms with Crippen LogP contribution in [0.15, 0.2) is 50.8 Å². The molecule has 2 aromatic heterocycles. The molecule has 1 atom stereocenters. The van der Waals surface area contributed by atoms with E-state index in [-0.39, 0.29) is 21.5 Å². The molecule has 4 aromatic rings. The fourth-order valence-corrected chi connectivity index (χ4v) is 3.90. The van der Waals surface area contributed by atoms with Crippen LogP contribution in [0.5, 0.6) is 0 Å². The minimum absolute atomic E-state index is 0.123. The van der Waals surface area contributed by atoms with E-state index in [2.05, 4.69) is 15.2 Å². The number of hydrogen-bond acceptors (Lipinski definition) is 6. The number of thioether (sulfide) groups is 1. The first kappa shape index (κ1) is 19.5. The van der Waals surface area contributed by atoms with Crippen LogP contribution < -0.4 is 5.56 Å². The van der Waals surface area contributed by atoms with Crippen molar-refractivity contribution in [2.45, 2.75) is 24.3 Å². The number of nitrogens with zero attached hydrogens (tertiary/aromatic N) is 4. The molecule has 0 fully saturated rings. The summed E-state index contributed by atoms with van der Waals surface area (Å²) in [5, 5.41) is 8.15. The molecular formula is C19H13ClF2N4O2S. The zero-order chi connectivity index (χ0) is 20.7. The standard InChI is InChI=1S/C19H13ClF2N4O2S/c1-9(17-25-24-10(2)28-17)29-19-23-15-5-3-11(20)7-13(15)18(27)26(19)16-6-4-12(21)8-14(16)22/h3-9H,1-2H3. The van der Waals surface area contributed by atoms with Gasteiger partial charge in [0.15, 0.2) is 5.16 Å². The first-order valence-corrected chi connectivity index (χ1v) is 9.73. The fourth-order valence-electron chi connectivity index (χ4n) is 2.78. The molecule has 2 heterocycles. The van der Waals surface area contributed by atoms with Crippen molar-refractivity contribution in [1.82, 2.24) is 19.7 Å². The van der Waals surface area contributed by atoms with Crippen molar-refractivity contribution in [3.8, 4) is 5.69 Å². The summed E-state index contributed by atoms with van der Waals surface area (Å²) in [5.74, 6) is -0.905. The Hall–Kier alpha value is -2.78. The maximum atomic E-state index is 14.5. The van der Waals surface area contributed by atoms with Crippen LogP contribution in [-0.4, -0.2) is 19.7 Å². The van der Waals surface area contributed by atoms with Crippen LogP contribution >= 0.6 is 23.4 Å². The van der Waals surface area contributed by atoms with E-state index in [9.17, 15) is 13.6 Å². The summed E-state index contributed by atoms with van der Waals surface area (Å²) in [4.78, 5) is 17.7. The Morgan fingerprint density at radius 3 is 2.66 bits per heavy atom. The summed E-state index contributed by atoms with van der Waals surface area (Å²) in [6.07, 6.45) is 0. The molecule has 1 unspecified atom stereocenters. The van der Waals surface area contributed by atoms with Crippen LogP contribution in [0.4, 0.5) is 8.78 Å². The van der Waals surface area contributed by atoms with Crippen molar-refractivity contribution in [2.24, 2.45) is 0 Å². The summed E-state index contributed by atoms with van der Waals surface area (Å²) in [7, 11) is 0. The number of rotatable bonds is 4. The van der Waals surface area contributed by atoms with Gasteiger partial charge in [0.1, 0.15) is 11.6 Å². The minimum atomic E-state index is -0.890. The van der Waals surface area contributed by atoms with E-state index < -0.39 is 17.2 Å². The highest BCUT2D eigenvalue weighted by atomic mass is 35.5. The van der Waals surface area contributed by atoms with Gasteiger partial charge in [0.2, 0.25) is 11.8 Å². The molecule has 4 rings (SSSR count). The monoisotopic (exact) mass is 434 g/mol. The molecule has 0 aliphatic rings. The van der Waals surface area contributed by atoms with Crippen molar-refractivity contribution >= 4 is 34.3 Å². The average molecular weight is 435 g/mol. The van der Waals surface area contributed by atoms with Gasteiger partial charge in [-0.3, -0.25) is 9.36 Å². The third-order valence-corrected chi connectivity index (χ3v) is 5.40. The summed E-state index contributed by atoms with van der Waals surface area (Å²) in [6, 6.07) is 7.66. The van der Waals surface area contributed by atoms with Gasteiger partial charge in [-0.25, -0.2) is 13.8 Å². The van der Waals surface area contributed by atoms with E-state index in [0.717, 1.165) is 22.4 Å². The molecule has 0 saturated heterocycles. The van der Waals surface area contributed by atoms with Gasteiger partial charge in [-0.2, -0.15) is 0 Å². The van der Waals surface area contributed by atoms with Crippen molar-refractivity contribution in [3.63, 3.8) is 0 Å². The first-order valence-electron chi connectivity index (χ1n) is 8.48. The Labute approximate surface area is 172 Å². The van der Waals surface area contributed by atoms with Crippen LogP contribution in [0.3, 0.4) is 0 Å². The summed E-state index contributed by atoms with van der Waals surface area (Å²) < 4.78 is 34.5. The lowest BCUT2D eigenvalue weighted by atomic mass is 10.2. The predicted molar refractivity (Wildman–Crippen MR) is 106 cm³/mol. The Balaban J connectivity index is 1.94. The number of aryl methyl sites for hydroxylation is 1. The molecule has 0 N–H and O–H groups in total. The highest BCUT2D eigenvalue weighted by Crippen LogP contribution is 2.34. The summed E-state index contributed by atoms with van der Waals surface area (Å²) in [6.45, 7) is 3.46.